The average molecular weight is 271 g/mol. The molecule has 19 heavy (non-hydrogen) atoms. The average Bonchev–Trinajstić information content (AvgIpc) is 2.31. The van der Waals surface area contributed by atoms with Crippen LogP contribution >= 0.6 is 0 Å². The summed E-state index contributed by atoms with van der Waals surface area (Å²) in [5.74, 6) is 1.07. The third-order valence-corrected chi connectivity index (χ3v) is 4.37. The van der Waals surface area contributed by atoms with E-state index in [-0.39, 0.29) is 11.5 Å². The van der Waals surface area contributed by atoms with Crippen molar-refractivity contribution >= 4 is 0 Å². The van der Waals surface area contributed by atoms with Crippen molar-refractivity contribution in [3.05, 3.63) is 0 Å². The smallest absolute Gasteiger partial charge is 0.0631 e. The Morgan fingerprint density at radius 2 is 2.05 bits per heavy atom. The Morgan fingerprint density at radius 3 is 2.63 bits per heavy atom. The van der Waals surface area contributed by atoms with Crippen molar-refractivity contribution in [3.8, 4) is 0 Å². The third kappa shape index (κ3) is 5.41. The van der Waals surface area contributed by atoms with Crippen LogP contribution in [-0.2, 0) is 4.74 Å². The normalized spacial score (nSPS) is 27.2. The van der Waals surface area contributed by atoms with Crippen molar-refractivity contribution in [1.82, 2.24) is 4.90 Å². The minimum absolute atomic E-state index is 0.0771. The summed E-state index contributed by atoms with van der Waals surface area (Å²) >= 11 is 0. The Bertz CT molecular complexity index is 253. The van der Waals surface area contributed by atoms with Crippen LogP contribution in [0.4, 0.5) is 0 Å². The van der Waals surface area contributed by atoms with Gasteiger partial charge in [0.2, 0.25) is 0 Å². The molecule has 1 N–H and O–H groups in total. The van der Waals surface area contributed by atoms with Gasteiger partial charge in [0.1, 0.15) is 0 Å². The second-order valence-corrected chi connectivity index (χ2v) is 7.23. The molecule has 0 aromatic heterocycles. The molecule has 1 fully saturated rings. The number of rotatable bonds is 7. The molecule has 2 atom stereocenters. The molecule has 1 saturated carbocycles. The van der Waals surface area contributed by atoms with Gasteiger partial charge >= 0.3 is 0 Å². The Labute approximate surface area is 119 Å². The van der Waals surface area contributed by atoms with E-state index in [0.717, 1.165) is 39.1 Å². The van der Waals surface area contributed by atoms with Gasteiger partial charge in [0, 0.05) is 26.7 Å². The molecule has 0 radical (unpaired) electrons. The van der Waals surface area contributed by atoms with Gasteiger partial charge in [-0.15, -0.1) is 0 Å². The predicted molar refractivity (Wildman–Crippen MR) is 80.3 cm³/mol. The van der Waals surface area contributed by atoms with Gasteiger partial charge in [-0.1, -0.05) is 34.1 Å². The first-order chi connectivity index (χ1) is 8.86. The van der Waals surface area contributed by atoms with Crippen LogP contribution in [0.3, 0.4) is 0 Å². The predicted octanol–water partition coefficient (Wildman–Crippen LogP) is 2.78. The minimum atomic E-state index is -0.168. The second-order valence-electron chi connectivity index (χ2n) is 7.23. The molecule has 0 heterocycles. The number of nitrogens with zero attached hydrogens (tertiary/aromatic N) is 1. The van der Waals surface area contributed by atoms with Crippen LogP contribution in [-0.4, -0.2) is 49.5 Å². The van der Waals surface area contributed by atoms with E-state index >= 15 is 0 Å². The molecule has 0 saturated heterocycles. The maximum atomic E-state index is 10.5. The molecule has 3 nitrogen and oxygen atoms in total. The van der Waals surface area contributed by atoms with E-state index in [1.807, 2.05) is 0 Å². The van der Waals surface area contributed by atoms with Gasteiger partial charge in [-0.25, -0.2) is 0 Å². The fourth-order valence-electron chi connectivity index (χ4n) is 3.28. The lowest BCUT2D eigenvalue weighted by Crippen LogP contribution is -2.46. The van der Waals surface area contributed by atoms with E-state index in [1.54, 1.807) is 7.11 Å². The molecule has 0 bridgehead atoms. The Balaban J connectivity index is 2.56. The summed E-state index contributed by atoms with van der Waals surface area (Å²) < 4.78 is 5.21. The first-order valence-corrected chi connectivity index (χ1v) is 7.76. The summed E-state index contributed by atoms with van der Waals surface area (Å²) in [5, 5.41) is 10.5. The van der Waals surface area contributed by atoms with Crippen molar-refractivity contribution < 1.29 is 9.84 Å². The summed E-state index contributed by atoms with van der Waals surface area (Å²) in [5.41, 5.74) is 0.0771. The van der Waals surface area contributed by atoms with E-state index in [0.29, 0.717) is 11.8 Å². The summed E-state index contributed by atoms with van der Waals surface area (Å²) in [6, 6.07) is 0. The summed E-state index contributed by atoms with van der Waals surface area (Å²) in [4.78, 5) is 2.46. The zero-order chi connectivity index (χ0) is 14.5. The number of hydrogen-bond acceptors (Lipinski definition) is 3. The van der Waals surface area contributed by atoms with Gasteiger partial charge in [0.25, 0.3) is 0 Å². The first kappa shape index (κ1) is 16.9. The van der Waals surface area contributed by atoms with Crippen molar-refractivity contribution in [1.29, 1.82) is 0 Å². The van der Waals surface area contributed by atoms with Crippen molar-refractivity contribution in [3.63, 3.8) is 0 Å². The lowest BCUT2D eigenvalue weighted by atomic mass is 9.69. The Kier molecular flexibility index (Phi) is 6.78. The first-order valence-electron chi connectivity index (χ1n) is 7.76. The molecule has 2 unspecified atom stereocenters. The van der Waals surface area contributed by atoms with Crippen LogP contribution in [0.25, 0.3) is 0 Å². The topological polar surface area (TPSA) is 32.7 Å². The number of aliphatic hydroxyl groups excluding tert-OH is 1. The second kappa shape index (κ2) is 7.61. The molecule has 1 aliphatic carbocycles. The highest BCUT2D eigenvalue weighted by Gasteiger charge is 2.38. The lowest BCUT2D eigenvalue weighted by Gasteiger charge is -2.42. The van der Waals surface area contributed by atoms with Crippen LogP contribution in [0.5, 0.6) is 0 Å². The van der Waals surface area contributed by atoms with E-state index in [2.05, 4.69) is 32.6 Å². The van der Waals surface area contributed by atoms with E-state index < -0.39 is 0 Å². The highest BCUT2D eigenvalue weighted by molar-refractivity contribution is 4.89. The molecule has 114 valence electrons. The van der Waals surface area contributed by atoms with E-state index in [4.69, 9.17) is 4.74 Å². The fourth-order valence-corrected chi connectivity index (χ4v) is 3.28. The Hall–Kier alpha value is -0.120. The fraction of sp³-hybridized carbons (Fsp3) is 1.00. The van der Waals surface area contributed by atoms with Gasteiger partial charge < -0.3 is 14.7 Å². The molecule has 0 aliphatic heterocycles. The van der Waals surface area contributed by atoms with E-state index in [9.17, 15) is 5.11 Å². The van der Waals surface area contributed by atoms with Gasteiger partial charge in [-0.3, -0.25) is 0 Å². The molecule has 1 rings (SSSR count). The number of hydrogen-bond donors (Lipinski definition) is 1. The highest BCUT2D eigenvalue weighted by Crippen LogP contribution is 2.39. The zero-order valence-corrected chi connectivity index (χ0v) is 13.5. The van der Waals surface area contributed by atoms with Crippen LogP contribution in [0, 0.1) is 17.3 Å². The quantitative estimate of drug-likeness (QED) is 0.773. The van der Waals surface area contributed by atoms with Crippen LogP contribution in [0.15, 0.2) is 0 Å². The molecule has 0 aromatic rings. The summed E-state index contributed by atoms with van der Waals surface area (Å²) in [7, 11) is 1.76. The summed E-state index contributed by atoms with van der Waals surface area (Å²) in [6.07, 6.45) is 3.38. The lowest BCUT2D eigenvalue weighted by molar-refractivity contribution is -0.0452. The molecule has 0 amide bonds. The molecular formula is C16H33NO2. The maximum Gasteiger partial charge on any atom is 0.0631 e. The molecule has 0 spiro atoms. The molecular weight excluding hydrogens is 238 g/mol. The molecule has 3 heteroatoms. The van der Waals surface area contributed by atoms with Crippen LogP contribution in [0.1, 0.15) is 47.0 Å². The van der Waals surface area contributed by atoms with Crippen LogP contribution < -0.4 is 0 Å². The van der Waals surface area contributed by atoms with Crippen LogP contribution in [0.2, 0.25) is 0 Å². The number of methoxy groups -OCH3 is 1. The molecule has 1 aliphatic rings. The number of aliphatic hydroxyl groups is 1. The standard InChI is InChI=1S/C16H33NO2/c1-13(2)11-17(9-10-19-5)12-14-7-6-8-16(3,4)15(14)18/h13-15,18H,6-12H2,1-5H3. The van der Waals surface area contributed by atoms with Gasteiger partial charge in [0.15, 0.2) is 0 Å². The monoisotopic (exact) mass is 271 g/mol. The zero-order valence-electron chi connectivity index (χ0n) is 13.5. The van der Waals surface area contributed by atoms with E-state index in [1.165, 1.54) is 6.42 Å². The van der Waals surface area contributed by atoms with Crippen molar-refractivity contribution in [2.75, 3.05) is 33.4 Å². The Morgan fingerprint density at radius 1 is 1.37 bits per heavy atom. The maximum absolute atomic E-state index is 10.5. The highest BCUT2D eigenvalue weighted by atomic mass is 16.5. The van der Waals surface area contributed by atoms with Crippen molar-refractivity contribution in [2.24, 2.45) is 17.3 Å². The van der Waals surface area contributed by atoms with Crippen molar-refractivity contribution in [2.45, 2.75) is 53.1 Å². The van der Waals surface area contributed by atoms with Gasteiger partial charge in [-0.2, -0.15) is 0 Å². The largest absolute Gasteiger partial charge is 0.392 e. The summed E-state index contributed by atoms with van der Waals surface area (Å²) in [6.45, 7) is 12.7. The molecule has 0 aromatic carbocycles. The SMILES string of the molecule is COCCN(CC(C)C)CC1CCCC(C)(C)C1O. The number of ether oxygens (including phenoxy) is 1. The minimum Gasteiger partial charge on any atom is -0.392 e. The van der Waals surface area contributed by atoms with Gasteiger partial charge in [0.05, 0.1) is 12.7 Å². The third-order valence-electron chi connectivity index (χ3n) is 4.37. The van der Waals surface area contributed by atoms with Gasteiger partial charge in [-0.05, 0) is 30.1 Å².